The van der Waals surface area contributed by atoms with Gasteiger partial charge in [0.2, 0.25) is 0 Å². The number of hydrogen-bond acceptors (Lipinski definition) is 4. The van der Waals surface area contributed by atoms with Crippen molar-refractivity contribution in [3.8, 4) is 0 Å². The van der Waals surface area contributed by atoms with Crippen LogP contribution in [0.1, 0.15) is 39.7 Å². The molecule has 0 aromatic heterocycles. The van der Waals surface area contributed by atoms with E-state index < -0.39 is 6.09 Å². The Labute approximate surface area is 141 Å². The molecule has 1 amide bonds. The number of carbonyl (C=O) groups is 1. The lowest BCUT2D eigenvalue weighted by molar-refractivity contribution is 0.145. The van der Waals surface area contributed by atoms with E-state index in [2.05, 4.69) is 34.3 Å². The Kier molecular flexibility index (Phi) is 21.0. The third-order valence-electron chi connectivity index (χ3n) is 2.46. The largest absolute Gasteiger partial charge is 0.450 e. The molecule has 1 aromatic carbocycles. The van der Waals surface area contributed by atoms with Crippen molar-refractivity contribution < 1.29 is 19.4 Å². The summed E-state index contributed by atoms with van der Waals surface area (Å²) < 4.78 is 9.74. The minimum atomic E-state index is -0.480. The van der Waals surface area contributed by atoms with Crippen LogP contribution in [-0.2, 0) is 15.9 Å². The smallest absolute Gasteiger partial charge is 0.407 e. The van der Waals surface area contributed by atoms with Gasteiger partial charge in [0, 0.05) is 19.8 Å². The van der Waals surface area contributed by atoms with Crippen molar-refractivity contribution in [1.29, 1.82) is 0 Å². The third-order valence-corrected chi connectivity index (χ3v) is 2.46. The first-order valence-electron chi connectivity index (χ1n) is 8.37. The normalized spacial score (nSPS) is 8.91. The van der Waals surface area contributed by atoms with Crippen LogP contribution in [0.15, 0.2) is 30.3 Å². The van der Waals surface area contributed by atoms with Crippen LogP contribution in [0.2, 0.25) is 0 Å². The van der Waals surface area contributed by atoms with E-state index in [1.807, 2.05) is 26.8 Å². The quantitative estimate of drug-likeness (QED) is 0.718. The molecule has 0 atom stereocenters. The summed E-state index contributed by atoms with van der Waals surface area (Å²) in [5, 5.41) is 10.5. The van der Waals surface area contributed by atoms with Gasteiger partial charge < -0.3 is 19.9 Å². The van der Waals surface area contributed by atoms with E-state index in [0.29, 0.717) is 6.61 Å². The molecule has 0 aliphatic carbocycles. The number of rotatable bonds is 8. The van der Waals surface area contributed by atoms with Gasteiger partial charge in [-0.3, -0.25) is 0 Å². The summed E-state index contributed by atoms with van der Waals surface area (Å²) in [6.45, 7) is 10.0. The molecule has 0 spiro atoms. The predicted molar refractivity (Wildman–Crippen MR) is 94.7 cm³/mol. The van der Waals surface area contributed by atoms with E-state index >= 15 is 0 Å². The summed E-state index contributed by atoms with van der Waals surface area (Å²) in [7, 11) is 0. The van der Waals surface area contributed by atoms with Crippen LogP contribution >= 0.6 is 0 Å². The fraction of sp³-hybridized carbons (Fsp3) is 0.611. The number of hydrogen-bond donors (Lipinski definition) is 2. The second kappa shape index (κ2) is 20.4. The summed E-state index contributed by atoms with van der Waals surface area (Å²) in [4.78, 5) is 10.4. The average molecular weight is 327 g/mol. The molecular formula is C18H33NO4. The van der Waals surface area contributed by atoms with Crippen molar-refractivity contribution in [3.05, 3.63) is 35.9 Å². The number of ether oxygens (including phenoxy) is 2. The molecule has 0 radical (unpaired) electrons. The Bertz CT molecular complexity index is 344. The number of carbonyl (C=O) groups excluding carboxylic acids is 1. The van der Waals surface area contributed by atoms with Gasteiger partial charge in [0.1, 0.15) is 0 Å². The zero-order chi connectivity index (χ0) is 17.8. The molecule has 2 N–H and O–H groups in total. The standard InChI is InChI=1S/C11H16O.C5H11NO3.C2H6/c1-2-12-10-6-9-11-7-4-3-5-8-11;1-2-9-5(8)6-3-4-7;1-2/h3-5,7-8H,2,6,9-10H2,1H3;7H,2-4H2,1H3,(H,6,8);1-2H3. The maximum atomic E-state index is 10.4. The lowest BCUT2D eigenvalue weighted by atomic mass is 10.1. The maximum absolute atomic E-state index is 10.4. The lowest BCUT2D eigenvalue weighted by Crippen LogP contribution is -2.26. The predicted octanol–water partition coefficient (Wildman–Crippen LogP) is 3.41. The summed E-state index contributed by atoms with van der Waals surface area (Å²) in [5.74, 6) is 0. The number of alkyl carbamates (subject to hydrolysis) is 1. The lowest BCUT2D eigenvalue weighted by Gasteiger charge is -2.00. The van der Waals surface area contributed by atoms with Crippen molar-refractivity contribution >= 4 is 6.09 Å². The Morgan fingerprint density at radius 3 is 2.30 bits per heavy atom. The van der Waals surface area contributed by atoms with E-state index in [9.17, 15) is 4.79 Å². The van der Waals surface area contributed by atoms with E-state index in [4.69, 9.17) is 9.84 Å². The molecule has 0 heterocycles. The van der Waals surface area contributed by atoms with Crippen LogP contribution in [0.5, 0.6) is 0 Å². The molecule has 5 nitrogen and oxygen atoms in total. The van der Waals surface area contributed by atoms with Gasteiger partial charge in [-0.15, -0.1) is 0 Å². The van der Waals surface area contributed by atoms with Gasteiger partial charge >= 0.3 is 6.09 Å². The average Bonchev–Trinajstić information content (AvgIpc) is 2.60. The molecule has 0 saturated carbocycles. The molecule has 1 aromatic rings. The SMILES string of the molecule is CC.CCOC(=O)NCCO.CCOCCCc1ccccc1. The van der Waals surface area contributed by atoms with Crippen molar-refractivity contribution in [2.75, 3.05) is 33.0 Å². The number of benzene rings is 1. The fourth-order valence-corrected chi connectivity index (χ4v) is 1.51. The molecule has 134 valence electrons. The molecular weight excluding hydrogens is 294 g/mol. The Morgan fingerprint density at radius 2 is 1.78 bits per heavy atom. The highest BCUT2D eigenvalue weighted by molar-refractivity contribution is 5.66. The first-order chi connectivity index (χ1) is 11.2. The summed E-state index contributed by atoms with van der Waals surface area (Å²) in [5.41, 5.74) is 1.40. The van der Waals surface area contributed by atoms with Crippen LogP contribution in [-0.4, -0.2) is 44.2 Å². The first-order valence-corrected chi connectivity index (χ1v) is 8.37. The highest BCUT2D eigenvalue weighted by atomic mass is 16.5. The Balaban J connectivity index is 0. The van der Waals surface area contributed by atoms with Crippen LogP contribution in [0.4, 0.5) is 4.79 Å². The number of aliphatic hydroxyl groups is 1. The zero-order valence-corrected chi connectivity index (χ0v) is 15.0. The van der Waals surface area contributed by atoms with Crippen molar-refractivity contribution in [2.45, 2.75) is 40.5 Å². The molecule has 23 heavy (non-hydrogen) atoms. The number of nitrogens with one attached hydrogen (secondary N) is 1. The number of aliphatic hydroxyl groups excluding tert-OH is 1. The topological polar surface area (TPSA) is 67.8 Å². The molecule has 0 unspecified atom stereocenters. The molecule has 0 aliphatic heterocycles. The molecule has 1 rings (SSSR count). The van der Waals surface area contributed by atoms with Gasteiger partial charge in [0.05, 0.1) is 13.2 Å². The van der Waals surface area contributed by atoms with E-state index in [1.165, 1.54) is 5.56 Å². The molecule has 5 heteroatoms. The minimum Gasteiger partial charge on any atom is -0.450 e. The van der Waals surface area contributed by atoms with Crippen molar-refractivity contribution in [3.63, 3.8) is 0 Å². The van der Waals surface area contributed by atoms with Gasteiger partial charge in [0.25, 0.3) is 0 Å². The monoisotopic (exact) mass is 327 g/mol. The molecule has 0 bridgehead atoms. The minimum absolute atomic E-state index is 0.0567. The van der Waals surface area contributed by atoms with Gasteiger partial charge in [-0.25, -0.2) is 4.79 Å². The van der Waals surface area contributed by atoms with Gasteiger partial charge in [-0.2, -0.15) is 0 Å². The zero-order valence-electron chi connectivity index (χ0n) is 15.0. The number of amides is 1. The second-order valence-corrected chi connectivity index (χ2v) is 4.16. The second-order valence-electron chi connectivity index (χ2n) is 4.16. The molecule has 0 aliphatic rings. The molecule has 0 fully saturated rings. The fourth-order valence-electron chi connectivity index (χ4n) is 1.51. The highest BCUT2D eigenvalue weighted by Gasteiger charge is 1.95. The van der Waals surface area contributed by atoms with E-state index in [-0.39, 0.29) is 13.2 Å². The summed E-state index contributed by atoms with van der Waals surface area (Å²) in [6, 6.07) is 10.5. The van der Waals surface area contributed by atoms with Crippen molar-refractivity contribution in [2.24, 2.45) is 0 Å². The van der Waals surface area contributed by atoms with Gasteiger partial charge in [0.15, 0.2) is 0 Å². The summed E-state index contributed by atoms with van der Waals surface area (Å²) in [6.07, 6.45) is 1.77. The highest BCUT2D eigenvalue weighted by Crippen LogP contribution is 2.01. The van der Waals surface area contributed by atoms with E-state index in [1.54, 1.807) is 6.92 Å². The molecule has 0 saturated heterocycles. The number of aryl methyl sites for hydroxylation is 1. The maximum Gasteiger partial charge on any atom is 0.407 e. The summed E-state index contributed by atoms with van der Waals surface area (Å²) >= 11 is 0. The van der Waals surface area contributed by atoms with Gasteiger partial charge in [-0.05, 0) is 32.3 Å². The Morgan fingerprint density at radius 1 is 1.13 bits per heavy atom. The third kappa shape index (κ3) is 18.4. The van der Waals surface area contributed by atoms with Crippen LogP contribution in [0.3, 0.4) is 0 Å². The van der Waals surface area contributed by atoms with Crippen LogP contribution in [0.25, 0.3) is 0 Å². The van der Waals surface area contributed by atoms with E-state index in [0.717, 1.165) is 26.1 Å². The van der Waals surface area contributed by atoms with Crippen LogP contribution < -0.4 is 5.32 Å². The van der Waals surface area contributed by atoms with Gasteiger partial charge in [-0.1, -0.05) is 44.2 Å². The van der Waals surface area contributed by atoms with Crippen LogP contribution in [0, 0.1) is 0 Å². The first kappa shape index (κ1) is 23.7. The van der Waals surface area contributed by atoms with Crippen molar-refractivity contribution in [1.82, 2.24) is 5.32 Å². The Hall–Kier alpha value is -1.59.